The van der Waals surface area contributed by atoms with Crippen molar-refractivity contribution in [2.24, 2.45) is 5.92 Å². The molecule has 1 aliphatic heterocycles. The Morgan fingerprint density at radius 2 is 2.10 bits per heavy atom. The lowest BCUT2D eigenvalue weighted by Crippen LogP contribution is -2.39. The molecular formula is C15H19N3O2. The number of amides is 2. The zero-order valence-corrected chi connectivity index (χ0v) is 11.6. The van der Waals surface area contributed by atoms with Gasteiger partial charge in [-0.2, -0.15) is 0 Å². The van der Waals surface area contributed by atoms with Crippen molar-refractivity contribution in [1.29, 1.82) is 0 Å². The molecule has 0 spiro atoms. The molecule has 2 amide bonds. The molecule has 1 N–H and O–H groups in total. The average molecular weight is 273 g/mol. The lowest BCUT2D eigenvalue weighted by Gasteiger charge is -2.17. The van der Waals surface area contributed by atoms with Gasteiger partial charge in [-0.15, -0.1) is 0 Å². The minimum Gasteiger partial charge on any atom is -0.351 e. The normalized spacial score (nSPS) is 21.9. The number of nitrogens with one attached hydrogen (secondary N) is 1. The van der Waals surface area contributed by atoms with Crippen molar-refractivity contribution in [2.75, 3.05) is 13.1 Å². The van der Waals surface area contributed by atoms with Crippen molar-refractivity contribution >= 4 is 11.8 Å². The van der Waals surface area contributed by atoms with Gasteiger partial charge in [0.2, 0.25) is 5.91 Å². The van der Waals surface area contributed by atoms with Crippen LogP contribution in [-0.2, 0) is 4.79 Å². The molecular weight excluding hydrogens is 254 g/mol. The second-order valence-electron chi connectivity index (χ2n) is 5.71. The zero-order valence-electron chi connectivity index (χ0n) is 11.6. The fourth-order valence-electron chi connectivity index (χ4n) is 2.50. The molecule has 5 nitrogen and oxygen atoms in total. The highest BCUT2D eigenvalue weighted by Crippen LogP contribution is 2.29. The number of rotatable bonds is 3. The minimum atomic E-state index is 0.000621. The molecule has 0 bridgehead atoms. The van der Waals surface area contributed by atoms with Crippen LogP contribution in [-0.4, -0.2) is 40.8 Å². The van der Waals surface area contributed by atoms with E-state index in [0.29, 0.717) is 18.7 Å². The Hall–Kier alpha value is -1.91. The van der Waals surface area contributed by atoms with Crippen LogP contribution in [0.3, 0.4) is 0 Å². The molecule has 20 heavy (non-hydrogen) atoms. The van der Waals surface area contributed by atoms with Crippen molar-refractivity contribution in [3.8, 4) is 0 Å². The molecule has 2 aliphatic rings. The SMILES string of the molecule is Cc1ccc(C(=O)N2CC[C@@H](NC(=O)C3CC3)C2)cn1. The van der Waals surface area contributed by atoms with Crippen LogP contribution in [0.15, 0.2) is 18.3 Å². The summed E-state index contributed by atoms with van der Waals surface area (Å²) in [4.78, 5) is 30.0. The number of aryl methyl sites for hydroxylation is 1. The molecule has 1 aromatic heterocycles. The largest absolute Gasteiger partial charge is 0.351 e. The van der Waals surface area contributed by atoms with Crippen LogP contribution in [0.4, 0.5) is 0 Å². The molecule has 1 saturated heterocycles. The van der Waals surface area contributed by atoms with E-state index in [0.717, 1.165) is 25.0 Å². The number of hydrogen-bond donors (Lipinski definition) is 1. The van der Waals surface area contributed by atoms with E-state index in [1.165, 1.54) is 0 Å². The summed E-state index contributed by atoms with van der Waals surface area (Å²) in [6, 6.07) is 3.75. The van der Waals surface area contributed by atoms with Gasteiger partial charge in [-0.1, -0.05) is 0 Å². The Labute approximate surface area is 118 Å². The monoisotopic (exact) mass is 273 g/mol. The fourth-order valence-corrected chi connectivity index (χ4v) is 2.50. The van der Waals surface area contributed by atoms with Gasteiger partial charge in [0.1, 0.15) is 0 Å². The van der Waals surface area contributed by atoms with Crippen molar-refractivity contribution in [3.05, 3.63) is 29.6 Å². The van der Waals surface area contributed by atoms with Crippen LogP contribution in [0.1, 0.15) is 35.3 Å². The first-order chi connectivity index (χ1) is 9.63. The van der Waals surface area contributed by atoms with Gasteiger partial charge < -0.3 is 10.2 Å². The maximum Gasteiger partial charge on any atom is 0.255 e. The topological polar surface area (TPSA) is 62.3 Å². The summed E-state index contributed by atoms with van der Waals surface area (Å²) in [6.07, 6.45) is 4.48. The van der Waals surface area contributed by atoms with Gasteiger partial charge in [-0.05, 0) is 38.3 Å². The van der Waals surface area contributed by atoms with Crippen molar-refractivity contribution in [2.45, 2.75) is 32.2 Å². The van der Waals surface area contributed by atoms with E-state index in [1.54, 1.807) is 17.2 Å². The van der Waals surface area contributed by atoms with E-state index in [1.807, 2.05) is 13.0 Å². The molecule has 1 aromatic rings. The molecule has 0 unspecified atom stereocenters. The van der Waals surface area contributed by atoms with Crippen LogP contribution < -0.4 is 5.32 Å². The first kappa shape index (κ1) is 13.1. The number of nitrogens with zero attached hydrogens (tertiary/aromatic N) is 2. The van der Waals surface area contributed by atoms with Crippen LogP contribution in [0.2, 0.25) is 0 Å². The van der Waals surface area contributed by atoms with Crippen LogP contribution >= 0.6 is 0 Å². The zero-order chi connectivity index (χ0) is 14.1. The summed E-state index contributed by atoms with van der Waals surface area (Å²) < 4.78 is 0. The van der Waals surface area contributed by atoms with E-state index in [2.05, 4.69) is 10.3 Å². The minimum absolute atomic E-state index is 0.000621. The molecule has 3 rings (SSSR count). The van der Waals surface area contributed by atoms with Gasteiger partial charge >= 0.3 is 0 Å². The summed E-state index contributed by atoms with van der Waals surface area (Å²) in [7, 11) is 0. The maximum absolute atomic E-state index is 12.3. The highest BCUT2D eigenvalue weighted by molar-refractivity contribution is 5.94. The molecule has 2 fully saturated rings. The summed E-state index contributed by atoms with van der Waals surface area (Å²) in [5.41, 5.74) is 1.52. The number of pyridine rings is 1. The summed E-state index contributed by atoms with van der Waals surface area (Å²) in [5.74, 6) is 0.378. The van der Waals surface area contributed by atoms with Crippen LogP contribution in [0.5, 0.6) is 0 Å². The molecule has 5 heteroatoms. The van der Waals surface area contributed by atoms with Gasteiger partial charge in [-0.3, -0.25) is 14.6 Å². The summed E-state index contributed by atoms with van der Waals surface area (Å²) in [5, 5.41) is 3.04. The van der Waals surface area contributed by atoms with E-state index in [9.17, 15) is 9.59 Å². The van der Waals surface area contributed by atoms with Gasteiger partial charge in [0.05, 0.1) is 5.56 Å². The van der Waals surface area contributed by atoms with E-state index < -0.39 is 0 Å². The van der Waals surface area contributed by atoms with Gasteiger partial charge in [0.15, 0.2) is 0 Å². The number of likely N-dealkylation sites (tertiary alicyclic amines) is 1. The first-order valence-corrected chi connectivity index (χ1v) is 7.16. The highest BCUT2D eigenvalue weighted by Gasteiger charge is 2.33. The first-order valence-electron chi connectivity index (χ1n) is 7.16. The van der Waals surface area contributed by atoms with E-state index >= 15 is 0 Å². The lowest BCUT2D eigenvalue weighted by molar-refractivity contribution is -0.122. The molecule has 1 saturated carbocycles. The van der Waals surface area contributed by atoms with Crippen LogP contribution in [0.25, 0.3) is 0 Å². The molecule has 0 radical (unpaired) electrons. The number of aromatic nitrogens is 1. The average Bonchev–Trinajstić information content (AvgIpc) is 3.20. The number of hydrogen-bond acceptors (Lipinski definition) is 3. The molecule has 1 atom stereocenters. The Morgan fingerprint density at radius 1 is 1.30 bits per heavy atom. The smallest absolute Gasteiger partial charge is 0.255 e. The third kappa shape index (κ3) is 2.81. The second-order valence-corrected chi connectivity index (χ2v) is 5.71. The maximum atomic E-state index is 12.3. The second kappa shape index (κ2) is 5.23. The number of carbonyl (C=O) groups is 2. The Morgan fingerprint density at radius 3 is 2.75 bits per heavy atom. The Balaban J connectivity index is 1.57. The van der Waals surface area contributed by atoms with Gasteiger partial charge in [0.25, 0.3) is 5.91 Å². The molecule has 106 valence electrons. The fraction of sp³-hybridized carbons (Fsp3) is 0.533. The standard InChI is InChI=1S/C15H19N3O2/c1-10-2-3-12(8-16-10)15(20)18-7-6-13(9-18)17-14(19)11-4-5-11/h2-3,8,11,13H,4-7,9H2,1H3,(H,17,19)/t13-/m1/s1. The lowest BCUT2D eigenvalue weighted by atomic mass is 10.2. The third-order valence-electron chi connectivity index (χ3n) is 3.93. The summed E-state index contributed by atoms with van der Waals surface area (Å²) in [6.45, 7) is 3.20. The van der Waals surface area contributed by atoms with Crippen molar-refractivity contribution in [1.82, 2.24) is 15.2 Å². The van der Waals surface area contributed by atoms with Crippen molar-refractivity contribution in [3.63, 3.8) is 0 Å². The summed E-state index contributed by atoms with van der Waals surface area (Å²) >= 11 is 0. The third-order valence-corrected chi connectivity index (χ3v) is 3.93. The Bertz CT molecular complexity index is 522. The molecule has 1 aliphatic carbocycles. The van der Waals surface area contributed by atoms with Gasteiger partial charge in [0, 0.05) is 36.9 Å². The van der Waals surface area contributed by atoms with Gasteiger partial charge in [-0.25, -0.2) is 0 Å². The Kier molecular flexibility index (Phi) is 3.42. The predicted molar refractivity (Wildman–Crippen MR) is 74.1 cm³/mol. The molecule has 0 aromatic carbocycles. The van der Waals surface area contributed by atoms with E-state index in [-0.39, 0.29) is 23.8 Å². The van der Waals surface area contributed by atoms with E-state index in [4.69, 9.17) is 0 Å². The highest BCUT2D eigenvalue weighted by atomic mass is 16.2. The van der Waals surface area contributed by atoms with Crippen molar-refractivity contribution < 1.29 is 9.59 Å². The number of carbonyl (C=O) groups excluding carboxylic acids is 2. The predicted octanol–water partition coefficient (Wildman–Crippen LogP) is 1.13. The van der Waals surface area contributed by atoms with Crippen LogP contribution in [0, 0.1) is 12.8 Å². The quantitative estimate of drug-likeness (QED) is 0.898. The molecule has 2 heterocycles.